The van der Waals surface area contributed by atoms with Crippen LogP contribution >= 0.6 is 35.8 Å². The molecule has 3 heterocycles. The lowest BCUT2D eigenvalue weighted by Crippen LogP contribution is -2.65. The van der Waals surface area contributed by atoms with E-state index in [1.807, 2.05) is 44.5 Å². The molecule has 3 aliphatic rings. The number of nitrogens with zero attached hydrogens (tertiary/aromatic N) is 1. The van der Waals surface area contributed by atoms with Crippen LogP contribution in [0.15, 0.2) is 24.3 Å². The molecule has 1 amide bonds. The first-order chi connectivity index (χ1) is 25.7. The summed E-state index contributed by atoms with van der Waals surface area (Å²) in [5, 5.41) is 2.80. The van der Waals surface area contributed by atoms with Crippen LogP contribution < -0.4 is 10.1 Å². The van der Waals surface area contributed by atoms with Gasteiger partial charge in [0.25, 0.3) is 0 Å². The molecule has 4 rings (SSSR count). The zero-order valence-corrected chi connectivity index (χ0v) is 36.2. The molecule has 0 spiro atoms. The van der Waals surface area contributed by atoms with Gasteiger partial charge in [-0.3, -0.25) is 14.5 Å². The molecule has 10 atom stereocenters. The fraction of sp³-hybridized carbons (Fsp3) is 0.810. The number of fused-ring (bicyclic) bond motifs is 1. The summed E-state index contributed by atoms with van der Waals surface area (Å²) in [5.41, 5.74) is 0.277. The molecular weight excluding hydrogens is 747 g/mol. The van der Waals surface area contributed by atoms with Gasteiger partial charge in [0.05, 0.1) is 24.6 Å². The van der Waals surface area contributed by atoms with Gasteiger partial charge in [0.1, 0.15) is 29.5 Å². The van der Waals surface area contributed by atoms with Gasteiger partial charge in [-0.15, -0.1) is 35.8 Å². The Morgan fingerprint density at radius 1 is 0.907 bits per heavy atom. The zero-order valence-electron chi connectivity index (χ0n) is 33.8. The summed E-state index contributed by atoms with van der Waals surface area (Å²) < 4.78 is 31.5. The second-order valence-electron chi connectivity index (χ2n) is 15.5. The number of esters is 1. The maximum atomic E-state index is 13.8. The van der Waals surface area contributed by atoms with E-state index < -0.39 is 47.6 Å². The van der Waals surface area contributed by atoms with Crippen molar-refractivity contribution in [2.75, 3.05) is 27.0 Å². The molecule has 0 radical (unpaired) electrons. The molecule has 9 unspecified atom stereocenters. The number of likely N-dealkylation sites (tertiary alicyclic amines) is 1. The molecule has 3 aliphatic heterocycles. The third-order valence-electron chi connectivity index (χ3n) is 11.3. The highest BCUT2D eigenvalue weighted by Crippen LogP contribution is 2.44. The van der Waals surface area contributed by atoms with Gasteiger partial charge in [-0.2, -0.15) is 0 Å². The van der Waals surface area contributed by atoms with Crippen molar-refractivity contribution in [1.82, 2.24) is 10.2 Å². The summed E-state index contributed by atoms with van der Waals surface area (Å²) in [7, 11) is 3.64. The van der Waals surface area contributed by atoms with Gasteiger partial charge < -0.3 is 29.0 Å². The number of methoxy groups -OCH3 is 1. The number of amides is 1. The van der Waals surface area contributed by atoms with E-state index in [1.54, 1.807) is 7.11 Å². The van der Waals surface area contributed by atoms with Crippen LogP contribution in [0.25, 0.3) is 0 Å². The molecule has 0 bridgehead atoms. The molecular formula is C42H70Cl2N2O7S. The maximum absolute atomic E-state index is 13.8. The second kappa shape index (κ2) is 25.2. The highest BCUT2D eigenvalue weighted by Gasteiger charge is 2.57. The molecule has 3 saturated heterocycles. The fourth-order valence-corrected chi connectivity index (χ4v) is 9.16. The maximum Gasteiger partial charge on any atom is 0.306 e. The Bertz CT molecular complexity index is 1210. The topological polar surface area (TPSA) is 95.6 Å². The van der Waals surface area contributed by atoms with E-state index in [-0.39, 0.29) is 30.3 Å². The van der Waals surface area contributed by atoms with E-state index in [9.17, 15) is 9.59 Å². The van der Waals surface area contributed by atoms with Gasteiger partial charge in [-0.05, 0) is 57.5 Å². The van der Waals surface area contributed by atoms with E-state index in [0.717, 1.165) is 56.4 Å². The number of nitrogens with one attached hydrogen (secondary N) is 1. The third kappa shape index (κ3) is 14.0. The molecule has 12 heteroatoms. The quantitative estimate of drug-likeness (QED) is 0.0622. The van der Waals surface area contributed by atoms with E-state index in [2.05, 4.69) is 24.1 Å². The number of alkyl halides is 1. The number of hydrogen-bond donors (Lipinski definition) is 1. The van der Waals surface area contributed by atoms with Crippen molar-refractivity contribution in [3.63, 3.8) is 0 Å². The molecule has 1 aromatic rings. The van der Waals surface area contributed by atoms with Gasteiger partial charge in [0.2, 0.25) is 5.91 Å². The normalized spacial score (nSPS) is 27.8. The van der Waals surface area contributed by atoms with Crippen molar-refractivity contribution in [1.29, 1.82) is 0 Å². The van der Waals surface area contributed by atoms with Gasteiger partial charge in [-0.25, -0.2) is 0 Å². The Morgan fingerprint density at radius 2 is 1.50 bits per heavy atom. The molecule has 0 aliphatic carbocycles. The van der Waals surface area contributed by atoms with Crippen molar-refractivity contribution >= 4 is 47.6 Å². The molecule has 1 N–H and O–H groups in total. The van der Waals surface area contributed by atoms with Crippen LogP contribution in [0.2, 0.25) is 0 Å². The average molecular weight is 818 g/mol. The van der Waals surface area contributed by atoms with E-state index in [0.29, 0.717) is 12.3 Å². The monoisotopic (exact) mass is 816 g/mol. The summed E-state index contributed by atoms with van der Waals surface area (Å²) in [6.07, 6.45) is 18.2. The number of halogens is 2. The van der Waals surface area contributed by atoms with Crippen molar-refractivity contribution in [2.45, 2.75) is 184 Å². The summed E-state index contributed by atoms with van der Waals surface area (Å²) in [5.74, 6) is 0.915. The first-order valence-electron chi connectivity index (χ1n) is 20.7. The van der Waals surface area contributed by atoms with Crippen LogP contribution in [0, 0.1) is 5.92 Å². The van der Waals surface area contributed by atoms with Crippen molar-refractivity contribution in [3.05, 3.63) is 29.8 Å². The standard InChI is InChI=1S/C42H69ClN2O7S.ClH/c1-7-9-10-11-12-13-14-15-16-17-18-19-20-22-34(46)49-39-38-37(50-41(51-38)31-23-25-32(48-5)26-24-31)36(52-42(39)53-6)35(29(3)43)44-40(47)33-27-30(21-8-2)28-45(33)4;/h23-26,29-30,33,35-39,41-42H,7-22,27-28H2,1-6H3,(H,44,47);1H/t29?,30?,33-,35?,36?,37?,38?,39?,41?,42?;/m0./s1. The number of ether oxygens (including phenoxy) is 5. The van der Waals surface area contributed by atoms with E-state index >= 15 is 0 Å². The number of carbonyl (C=O) groups is 2. The minimum atomic E-state index is -0.720. The summed E-state index contributed by atoms with van der Waals surface area (Å²) in [6.45, 7) is 7.22. The highest BCUT2D eigenvalue weighted by molar-refractivity contribution is 7.99. The van der Waals surface area contributed by atoms with Crippen LogP contribution in [0.3, 0.4) is 0 Å². The molecule has 1 aromatic carbocycles. The lowest BCUT2D eigenvalue weighted by atomic mass is 9.92. The lowest BCUT2D eigenvalue weighted by Gasteiger charge is -2.44. The number of thioether (sulfide) groups is 1. The summed E-state index contributed by atoms with van der Waals surface area (Å²) >= 11 is 8.33. The first-order valence-corrected chi connectivity index (χ1v) is 22.4. The smallest absolute Gasteiger partial charge is 0.306 e. The molecule has 310 valence electrons. The molecule has 54 heavy (non-hydrogen) atoms. The number of hydrogen-bond acceptors (Lipinski definition) is 9. The zero-order chi connectivity index (χ0) is 38.2. The number of rotatable bonds is 24. The van der Waals surface area contributed by atoms with E-state index in [1.165, 1.54) is 76.0 Å². The second-order valence-corrected chi connectivity index (χ2v) is 17.1. The predicted molar refractivity (Wildman–Crippen MR) is 222 cm³/mol. The van der Waals surface area contributed by atoms with Crippen LogP contribution in [-0.4, -0.2) is 91.0 Å². The molecule has 0 aromatic heterocycles. The minimum Gasteiger partial charge on any atom is -0.497 e. The van der Waals surface area contributed by atoms with Crippen LogP contribution in [0.1, 0.15) is 142 Å². The minimum absolute atomic E-state index is 0. The SMILES string of the molecule is CCCCCCCCCCCCCCCC(=O)OC1C(SC)OC(C(NC(=O)[C@@H]2CC(CCC)CN2C)C(C)Cl)C2OC(c3ccc(OC)cc3)OC12.Cl. The van der Waals surface area contributed by atoms with E-state index in [4.69, 9.17) is 35.3 Å². The lowest BCUT2D eigenvalue weighted by molar-refractivity contribution is -0.193. The summed E-state index contributed by atoms with van der Waals surface area (Å²) in [4.78, 5) is 29.3. The first kappa shape index (κ1) is 47.1. The number of unbranched alkanes of at least 4 members (excludes halogenated alkanes) is 12. The van der Waals surface area contributed by atoms with Crippen LogP contribution in [0.4, 0.5) is 0 Å². The highest BCUT2D eigenvalue weighted by atomic mass is 35.5. The van der Waals surface area contributed by atoms with Gasteiger partial charge in [0, 0.05) is 18.5 Å². The number of benzene rings is 1. The fourth-order valence-electron chi connectivity index (χ4n) is 8.23. The Kier molecular flexibility index (Phi) is 22.0. The van der Waals surface area contributed by atoms with Crippen molar-refractivity contribution < 1.29 is 33.3 Å². The number of carbonyl (C=O) groups excluding carboxylic acids is 2. The van der Waals surface area contributed by atoms with Gasteiger partial charge in [-0.1, -0.05) is 109 Å². The average Bonchev–Trinajstić information content (AvgIpc) is 3.77. The molecule has 9 nitrogen and oxygen atoms in total. The molecule has 0 saturated carbocycles. The largest absolute Gasteiger partial charge is 0.497 e. The predicted octanol–water partition coefficient (Wildman–Crippen LogP) is 9.61. The Hall–Kier alpha value is -1.27. The number of likely N-dealkylation sites (N-methyl/N-ethyl adjacent to an activating group) is 1. The van der Waals surface area contributed by atoms with Crippen LogP contribution in [0.5, 0.6) is 5.75 Å². The van der Waals surface area contributed by atoms with Crippen molar-refractivity contribution in [3.8, 4) is 5.75 Å². The Morgan fingerprint density at radius 3 is 2.06 bits per heavy atom. The molecule has 3 fully saturated rings. The summed E-state index contributed by atoms with van der Waals surface area (Å²) in [6, 6.07) is 6.75. The Labute approximate surface area is 341 Å². The van der Waals surface area contributed by atoms with Gasteiger partial charge in [0.15, 0.2) is 12.4 Å². The van der Waals surface area contributed by atoms with Crippen LogP contribution in [-0.2, 0) is 28.5 Å². The van der Waals surface area contributed by atoms with Gasteiger partial charge >= 0.3 is 5.97 Å². The third-order valence-corrected chi connectivity index (χ3v) is 12.4. The van der Waals surface area contributed by atoms with Crippen molar-refractivity contribution in [2.24, 2.45) is 5.92 Å². The Balaban J connectivity index is 0.00000784.